The predicted molar refractivity (Wildman–Crippen MR) is 113 cm³/mol. The van der Waals surface area contributed by atoms with E-state index in [0.717, 1.165) is 34.3 Å². The van der Waals surface area contributed by atoms with E-state index in [1.54, 1.807) is 19.1 Å². The fourth-order valence-electron chi connectivity index (χ4n) is 3.40. The summed E-state index contributed by atoms with van der Waals surface area (Å²) in [5.41, 5.74) is 0.972. The van der Waals surface area contributed by atoms with Crippen LogP contribution in [-0.2, 0) is 11.2 Å². The molecule has 3 aromatic rings. The number of hydrogen-bond donors (Lipinski definition) is 0. The largest absolute Gasteiger partial charge is 0.497 e. The first kappa shape index (κ1) is 19.9. The molecule has 6 nitrogen and oxygen atoms in total. The second-order valence-electron chi connectivity index (χ2n) is 7.27. The first-order chi connectivity index (χ1) is 14.6. The van der Waals surface area contributed by atoms with E-state index in [1.165, 1.54) is 0 Å². The number of aryl methyl sites for hydroxylation is 1. The third-order valence-electron chi connectivity index (χ3n) is 5.09. The maximum atomic E-state index is 12.6. The highest BCUT2D eigenvalue weighted by atomic mass is 16.6. The minimum absolute atomic E-state index is 0.0415. The van der Waals surface area contributed by atoms with Gasteiger partial charge in [0.1, 0.15) is 23.9 Å². The van der Waals surface area contributed by atoms with Gasteiger partial charge in [-0.15, -0.1) is 0 Å². The smallest absolute Gasteiger partial charge is 0.222 e. The van der Waals surface area contributed by atoms with Crippen LogP contribution in [0.15, 0.2) is 65.1 Å². The predicted octanol–water partition coefficient (Wildman–Crippen LogP) is 4.19. The lowest BCUT2D eigenvalue weighted by Crippen LogP contribution is -2.41. The van der Waals surface area contributed by atoms with E-state index in [9.17, 15) is 4.79 Å². The number of hydrogen-bond acceptors (Lipinski definition) is 5. The Morgan fingerprint density at radius 2 is 1.83 bits per heavy atom. The maximum Gasteiger partial charge on any atom is 0.222 e. The highest BCUT2D eigenvalue weighted by Crippen LogP contribution is 2.31. The molecular weight excluding hydrogens is 382 g/mol. The van der Waals surface area contributed by atoms with Crippen LogP contribution in [0.3, 0.4) is 0 Å². The molecule has 1 aliphatic rings. The first-order valence-electron chi connectivity index (χ1n) is 9.98. The van der Waals surface area contributed by atoms with Crippen molar-refractivity contribution in [3.05, 3.63) is 66.4 Å². The number of ether oxygens (including phenoxy) is 3. The summed E-state index contributed by atoms with van der Waals surface area (Å²) in [6, 6.07) is 19.1. The van der Waals surface area contributed by atoms with Crippen LogP contribution >= 0.6 is 0 Å². The van der Waals surface area contributed by atoms with E-state index in [1.807, 2.05) is 60.7 Å². The van der Waals surface area contributed by atoms with Crippen LogP contribution in [0.1, 0.15) is 12.2 Å². The van der Waals surface area contributed by atoms with Gasteiger partial charge in [0.05, 0.1) is 13.7 Å². The third kappa shape index (κ3) is 4.59. The Hall–Kier alpha value is -3.41. The molecule has 1 atom stereocenters. The van der Waals surface area contributed by atoms with Gasteiger partial charge in [0.25, 0.3) is 0 Å². The zero-order chi connectivity index (χ0) is 20.9. The van der Waals surface area contributed by atoms with Gasteiger partial charge in [0.2, 0.25) is 5.91 Å². The van der Waals surface area contributed by atoms with Crippen LogP contribution in [0.2, 0.25) is 0 Å². The molecule has 1 amide bonds. The zero-order valence-electron chi connectivity index (χ0n) is 17.2. The molecule has 0 bridgehead atoms. The van der Waals surface area contributed by atoms with E-state index in [-0.39, 0.29) is 12.0 Å². The number of methoxy groups -OCH3 is 1. The molecule has 1 aromatic heterocycles. The van der Waals surface area contributed by atoms with E-state index in [4.69, 9.17) is 18.6 Å². The van der Waals surface area contributed by atoms with Crippen LogP contribution in [0.5, 0.6) is 17.2 Å². The Balaban J connectivity index is 1.28. The number of nitrogens with zero attached hydrogens (tertiary/aromatic N) is 1. The number of rotatable bonds is 7. The molecule has 1 aliphatic heterocycles. The molecule has 0 spiro atoms. The standard InChI is InChI=1S/C24H25NO5/c1-25(15-20-16-28-22-5-3-4-6-23(22)30-20)24(26)14-12-19-11-13-21(29-19)17-7-9-18(27-2)10-8-17/h3-11,13,20H,12,14-16H2,1-2H3/t20-/m1/s1. The number of para-hydroxylation sites is 2. The van der Waals surface area contributed by atoms with Gasteiger partial charge >= 0.3 is 0 Å². The average molecular weight is 407 g/mol. The third-order valence-corrected chi connectivity index (χ3v) is 5.09. The van der Waals surface area contributed by atoms with E-state index >= 15 is 0 Å². The van der Waals surface area contributed by atoms with E-state index in [0.29, 0.717) is 26.0 Å². The van der Waals surface area contributed by atoms with Crippen molar-refractivity contribution in [3.63, 3.8) is 0 Å². The van der Waals surface area contributed by atoms with Crippen LogP contribution in [-0.4, -0.2) is 44.2 Å². The lowest BCUT2D eigenvalue weighted by molar-refractivity contribution is -0.131. The SMILES string of the molecule is COc1ccc(-c2ccc(CCC(=O)N(C)C[C@@H]3COc4ccccc4O3)o2)cc1. The van der Waals surface area contributed by atoms with Crippen molar-refractivity contribution in [2.75, 3.05) is 27.3 Å². The summed E-state index contributed by atoms with van der Waals surface area (Å²) in [4.78, 5) is 14.2. The number of carbonyl (C=O) groups is 1. The summed E-state index contributed by atoms with van der Waals surface area (Å²) in [6.07, 6.45) is 0.736. The normalized spacial score (nSPS) is 14.9. The molecule has 2 aromatic carbocycles. The van der Waals surface area contributed by atoms with Crippen molar-refractivity contribution in [2.24, 2.45) is 0 Å². The fraction of sp³-hybridized carbons (Fsp3) is 0.292. The van der Waals surface area contributed by atoms with Crippen LogP contribution in [0, 0.1) is 0 Å². The summed E-state index contributed by atoms with van der Waals surface area (Å²) in [6.45, 7) is 0.903. The van der Waals surface area contributed by atoms with Crippen molar-refractivity contribution in [1.82, 2.24) is 4.90 Å². The molecule has 2 heterocycles. The van der Waals surface area contributed by atoms with Gasteiger partial charge in [-0.3, -0.25) is 4.79 Å². The number of carbonyl (C=O) groups excluding carboxylic acids is 1. The number of amides is 1. The summed E-state index contributed by atoms with van der Waals surface area (Å²) in [5, 5.41) is 0. The van der Waals surface area contributed by atoms with Gasteiger partial charge in [-0.25, -0.2) is 0 Å². The molecule has 0 saturated heterocycles. The molecule has 0 saturated carbocycles. The van der Waals surface area contributed by atoms with Gasteiger partial charge < -0.3 is 23.5 Å². The van der Waals surface area contributed by atoms with Gasteiger partial charge in [0.15, 0.2) is 17.6 Å². The van der Waals surface area contributed by atoms with Crippen LogP contribution in [0.25, 0.3) is 11.3 Å². The summed E-state index contributed by atoms with van der Waals surface area (Å²) < 4.78 is 22.7. The van der Waals surface area contributed by atoms with Crippen molar-refractivity contribution < 1.29 is 23.4 Å². The molecule has 30 heavy (non-hydrogen) atoms. The van der Waals surface area contributed by atoms with Gasteiger partial charge in [-0.05, 0) is 48.5 Å². The molecule has 0 fully saturated rings. The number of likely N-dealkylation sites (N-methyl/N-ethyl adjacent to an activating group) is 1. The Morgan fingerprint density at radius 1 is 1.07 bits per heavy atom. The second-order valence-corrected chi connectivity index (χ2v) is 7.27. The molecule has 0 N–H and O–H groups in total. The Morgan fingerprint density at radius 3 is 2.60 bits per heavy atom. The number of furan rings is 1. The van der Waals surface area contributed by atoms with Crippen molar-refractivity contribution in [1.29, 1.82) is 0 Å². The summed E-state index contributed by atoms with van der Waals surface area (Å²) in [7, 11) is 3.43. The average Bonchev–Trinajstić information content (AvgIpc) is 3.26. The fourth-order valence-corrected chi connectivity index (χ4v) is 3.40. The van der Waals surface area contributed by atoms with E-state index in [2.05, 4.69) is 0 Å². The minimum Gasteiger partial charge on any atom is -0.497 e. The van der Waals surface area contributed by atoms with Crippen LogP contribution < -0.4 is 14.2 Å². The highest BCUT2D eigenvalue weighted by Gasteiger charge is 2.23. The molecule has 156 valence electrons. The zero-order valence-corrected chi connectivity index (χ0v) is 17.2. The van der Waals surface area contributed by atoms with Crippen molar-refractivity contribution in [2.45, 2.75) is 18.9 Å². The Labute approximate surface area is 176 Å². The van der Waals surface area contributed by atoms with Gasteiger partial charge in [0, 0.05) is 25.5 Å². The van der Waals surface area contributed by atoms with Gasteiger partial charge in [-0.1, -0.05) is 12.1 Å². The second kappa shape index (κ2) is 8.95. The maximum absolute atomic E-state index is 12.6. The van der Waals surface area contributed by atoms with Crippen molar-refractivity contribution in [3.8, 4) is 28.6 Å². The Bertz CT molecular complexity index is 995. The molecular formula is C24H25NO5. The first-order valence-corrected chi connectivity index (χ1v) is 9.98. The number of fused-ring (bicyclic) bond motifs is 1. The van der Waals surface area contributed by atoms with E-state index < -0.39 is 0 Å². The Kier molecular flexibility index (Phi) is 5.93. The molecule has 4 rings (SSSR count). The molecule has 6 heteroatoms. The summed E-state index contributed by atoms with van der Waals surface area (Å²) >= 11 is 0. The number of benzene rings is 2. The molecule has 0 unspecified atom stereocenters. The van der Waals surface area contributed by atoms with Crippen LogP contribution in [0.4, 0.5) is 0 Å². The summed E-state index contributed by atoms with van der Waals surface area (Å²) in [5.74, 6) is 3.87. The molecule has 0 aliphatic carbocycles. The molecule has 0 radical (unpaired) electrons. The quantitative estimate of drug-likeness (QED) is 0.588. The lowest BCUT2D eigenvalue weighted by atomic mass is 10.2. The van der Waals surface area contributed by atoms with Crippen molar-refractivity contribution >= 4 is 5.91 Å². The minimum atomic E-state index is -0.181. The highest BCUT2D eigenvalue weighted by molar-refractivity contribution is 5.76. The monoisotopic (exact) mass is 407 g/mol. The van der Waals surface area contributed by atoms with Gasteiger partial charge in [-0.2, -0.15) is 0 Å². The lowest BCUT2D eigenvalue weighted by Gasteiger charge is -2.29. The topological polar surface area (TPSA) is 61.1 Å².